The molecule has 2 aliphatic heterocycles. The lowest BCUT2D eigenvalue weighted by atomic mass is 10.0. The molecule has 0 amide bonds. The summed E-state index contributed by atoms with van der Waals surface area (Å²) in [4.78, 5) is 12.3. The summed E-state index contributed by atoms with van der Waals surface area (Å²) in [6, 6.07) is 12.9. The summed E-state index contributed by atoms with van der Waals surface area (Å²) in [5.41, 5.74) is 3.53. The summed E-state index contributed by atoms with van der Waals surface area (Å²) in [5.74, 6) is 0.905. The summed E-state index contributed by atoms with van der Waals surface area (Å²) in [6.45, 7) is 5.01. The molecular formula is C25H29N5OS. The van der Waals surface area contributed by atoms with Crippen molar-refractivity contribution in [1.29, 1.82) is 0 Å². The van der Waals surface area contributed by atoms with E-state index in [1.54, 1.807) is 18.4 Å². The number of aryl methyl sites for hydroxylation is 2. The standard InChI is InChI=1S/C25H29N5OS/c1-3-21-29-23-24(22-18(5-4-12-27-22)15-28-25(23)32-21)30-14-13-26-19(16-30)9-6-17-7-10-20(31-2)11-8-17/h4-5,7-8,10-12,15,19,26,28H,3,6,9,13-14,16H2,1-2H3. The molecule has 1 fully saturated rings. The van der Waals surface area contributed by atoms with E-state index in [-0.39, 0.29) is 0 Å². The molecule has 3 aromatic rings. The number of rotatable bonds is 6. The Hall–Kier alpha value is -2.90. The molecule has 0 saturated carbocycles. The molecule has 5 rings (SSSR count). The minimum atomic E-state index is 0.415. The van der Waals surface area contributed by atoms with Gasteiger partial charge >= 0.3 is 0 Å². The van der Waals surface area contributed by atoms with Crippen LogP contribution in [0, 0.1) is 0 Å². The Labute approximate surface area is 192 Å². The van der Waals surface area contributed by atoms with E-state index in [1.807, 2.05) is 24.4 Å². The number of aromatic nitrogens is 2. The SMILES string of the molecule is CCc1nc2c(s1)NC=c1cccnc1=C2N1CCNC(CCc2ccc(OC)cc2)C1. The summed E-state index contributed by atoms with van der Waals surface area (Å²) in [5, 5.41) is 11.6. The van der Waals surface area contributed by atoms with E-state index in [0.29, 0.717) is 6.04 Å². The van der Waals surface area contributed by atoms with Crippen LogP contribution in [-0.2, 0) is 12.8 Å². The molecule has 2 N–H and O–H groups in total. The first kappa shape index (κ1) is 21.0. The minimum absolute atomic E-state index is 0.415. The van der Waals surface area contributed by atoms with Gasteiger partial charge in [-0.3, -0.25) is 4.98 Å². The van der Waals surface area contributed by atoms with Crippen molar-refractivity contribution in [2.75, 3.05) is 32.1 Å². The Morgan fingerprint density at radius 1 is 1.22 bits per heavy atom. The maximum absolute atomic E-state index is 5.28. The summed E-state index contributed by atoms with van der Waals surface area (Å²) in [7, 11) is 1.71. The predicted octanol–water partition coefficient (Wildman–Crippen LogP) is 2.34. The highest BCUT2D eigenvalue weighted by Gasteiger charge is 2.27. The number of hydrogen-bond acceptors (Lipinski definition) is 7. The molecule has 1 saturated heterocycles. The van der Waals surface area contributed by atoms with Gasteiger partial charge in [-0.15, -0.1) is 11.3 Å². The van der Waals surface area contributed by atoms with Crippen LogP contribution in [0.3, 0.4) is 0 Å². The van der Waals surface area contributed by atoms with Gasteiger partial charge < -0.3 is 20.3 Å². The molecule has 6 nitrogen and oxygen atoms in total. The Kier molecular flexibility index (Phi) is 6.10. The highest BCUT2D eigenvalue weighted by molar-refractivity contribution is 7.16. The topological polar surface area (TPSA) is 62.3 Å². The minimum Gasteiger partial charge on any atom is -0.497 e. The largest absolute Gasteiger partial charge is 0.497 e. The van der Waals surface area contributed by atoms with E-state index in [9.17, 15) is 0 Å². The molecule has 0 aliphatic carbocycles. The van der Waals surface area contributed by atoms with Gasteiger partial charge in [0.1, 0.15) is 16.4 Å². The Balaban J connectivity index is 1.42. The van der Waals surface area contributed by atoms with Crippen molar-refractivity contribution in [2.24, 2.45) is 0 Å². The van der Waals surface area contributed by atoms with Gasteiger partial charge in [-0.05, 0) is 49.1 Å². The average molecular weight is 448 g/mol. The van der Waals surface area contributed by atoms with Crippen molar-refractivity contribution in [3.8, 4) is 5.75 Å². The number of benzene rings is 1. The van der Waals surface area contributed by atoms with Crippen LogP contribution in [0.2, 0.25) is 0 Å². The number of nitrogens with zero attached hydrogens (tertiary/aromatic N) is 3. The van der Waals surface area contributed by atoms with Crippen LogP contribution in [0.1, 0.15) is 29.6 Å². The van der Waals surface area contributed by atoms with Crippen molar-refractivity contribution < 1.29 is 4.74 Å². The van der Waals surface area contributed by atoms with Crippen molar-refractivity contribution in [2.45, 2.75) is 32.2 Å². The zero-order valence-electron chi connectivity index (χ0n) is 18.6. The maximum Gasteiger partial charge on any atom is 0.124 e. The Morgan fingerprint density at radius 3 is 2.91 bits per heavy atom. The fraction of sp³-hybridized carbons (Fsp3) is 0.360. The fourth-order valence-electron chi connectivity index (χ4n) is 4.42. The molecule has 7 heteroatoms. The molecule has 2 aromatic heterocycles. The Morgan fingerprint density at radius 2 is 2.09 bits per heavy atom. The molecular weight excluding hydrogens is 418 g/mol. The van der Waals surface area contributed by atoms with Gasteiger partial charge in [0.25, 0.3) is 0 Å². The van der Waals surface area contributed by atoms with Crippen LogP contribution in [0.4, 0.5) is 5.00 Å². The van der Waals surface area contributed by atoms with Crippen molar-refractivity contribution >= 4 is 28.2 Å². The molecule has 1 atom stereocenters. The van der Waals surface area contributed by atoms with Gasteiger partial charge in [0.2, 0.25) is 0 Å². The van der Waals surface area contributed by atoms with E-state index in [2.05, 4.69) is 46.9 Å². The van der Waals surface area contributed by atoms with Crippen molar-refractivity contribution in [3.05, 3.63) is 69.4 Å². The lowest BCUT2D eigenvalue weighted by Crippen LogP contribution is -2.52. The molecule has 32 heavy (non-hydrogen) atoms. The summed E-state index contributed by atoms with van der Waals surface area (Å²) >= 11 is 1.74. The molecule has 166 valence electrons. The number of piperazine rings is 1. The van der Waals surface area contributed by atoms with Gasteiger partial charge in [0, 0.05) is 43.3 Å². The first-order chi connectivity index (χ1) is 15.7. The van der Waals surface area contributed by atoms with Gasteiger partial charge in [0.15, 0.2) is 0 Å². The zero-order chi connectivity index (χ0) is 21.9. The Bertz CT molecular complexity index is 1200. The second kappa shape index (κ2) is 9.30. The van der Waals surface area contributed by atoms with E-state index < -0.39 is 0 Å². The number of ether oxygens (including phenoxy) is 1. The number of anilines is 1. The third kappa shape index (κ3) is 4.23. The molecule has 1 unspecified atom stereocenters. The third-order valence-electron chi connectivity index (χ3n) is 6.13. The molecule has 0 radical (unpaired) electrons. The van der Waals surface area contributed by atoms with Crippen LogP contribution in [-0.4, -0.2) is 47.7 Å². The predicted molar refractivity (Wildman–Crippen MR) is 130 cm³/mol. The molecule has 1 aromatic carbocycles. The maximum atomic E-state index is 5.28. The van der Waals surface area contributed by atoms with Crippen molar-refractivity contribution in [1.82, 2.24) is 20.2 Å². The highest BCUT2D eigenvalue weighted by Crippen LogP contribution is 2.32. The molecule has 4 heterocycles. The van der Waals surface area contributed by atoms with Crippen LogP contribution < -0.4 is 25.9 Å². The van der Waals surface area contributed by atoms with E-state index in [4.69, 9.17) is 14.7 Å². The fourth-order valence-corrected chi connectivity index (χ4v) is 5.29. The van der Waals surface area contributed by atoms with Crippen molar-refractivity contribution in [3.63, 3.8) is 0 Å². The lowest BCUT2D eigenvalue weighted by Gasteiger charge is -2.36. The first-order valence-corrected chi connectivity index (χ1v) is 12.1. The van der Waals surface area contributed by atoms with E-state index in [0.717, 1.165) is 76.6 Å². The number of thiazole rings is 1. The van der Waals surface area contributed by atoms with Crippen LogP contribution in [0.5, 0.6) is 5.75 Å². The number of pyridine rings is 1. The van der Waals surface area contributed by atoms with Crippen LogP contribution in [0.15, 0.2) is 42.6 Å². The second-order valence-corrected chi connectivity index (χ2v) is 9.28. The van der Waals surface area contributed by atoms with Gasteiger partial charge in [-0.1, -0.05) is 19.1 Å². The average Bonchev–Trinajstić information content (AvgIpc) is 3.19. The normalized spacial score (nSPS) is 17.6. The number of nitrogens with one attached hydrogen (secondary N) is 2. The number of methoxy groups -OCH3 is 1. The van der Waals surface area contributed by atoms with Crippen LogP contribution in [0.25, 0.3) is 11.9 Å². The summed E-state index contributed by atoms with van der Waals surface area (Å²) in [6.07, 6.45) is 7.01. The number of fused-ring (bicyclic) bond motifs is 2. The van der Waals surface area contributed by atoms with Gasteiger partial charge in [0.05, 0.1) is 23.2 Å². The molecule has 0 bridgehead atoms. The quantitative estimate of drug-likeness (QED) is 0.605. The number of hydrogen-bond donors (Lipinski definition) is 2. The van der Waals surface area contributed by atoms with Crippen LogP contribution >= 0.6 is 11.3 Å². The summed E-state index contributed by atoms with van der Waals surface area (Å²) < 4.78 is 5.28. The third-order valence-corrected chi connectivity index (χ3v) is 7.26. The smallest absolute Gasteiger partial charge is 0.124 e. The monoisotopic (exact) mass is 447 g/mol. The van der Waals surface area contributed by atoms with Gasteiger partial charge in [-0.25, -0.2) is 4.98 Å². The highest BCUT2D eigenvalue weighted by atomic mass is 32.1. The van der Waals surface area contributed by atoms with E-state index >= 15 is 0 Å². The zero-order valence-corrected chi connectivity index (χ0v) is 19.4. The lowest BCUT2D eigenvalue weighted by molar-refractivity contribution is 0.268. The van der Waals surface area contributed by atoms with Gasteiger partial charge in [-0.2, -0.15) is 0 Å². The van der Waals surface area contributed by atoms with E-state index in [1.165, 1.54) is 5.56 Å². The second-order valence-electron chi connectivity index (χ2n) is 8.20. The molecule has 2 aliphatic rings. The molecule has 0 spiro atoms. The first-order valence-electron chi connectivity index (χ1n) is 11.3.